The molecule has 0 saturated carbocycles. The van der Waals surface area contributed by atoms with Crippen molar-refractivity contribution >= 4 is 23.5 Å². The number of halogens is 2. The molecule has 0 heterocycles. The third-order valence-electron chi connectivity index (χ3n) is 2.73. The number of hydrogen-bond donors (Lipinski definition) is 2. The number of carbonyl (C=O) groups excluding carboxylic acids is 1. The van der Waals surface area contributed by atoms with Gasteiger partial charge < -0.3 is 15.2 Å². The molecule has 0 aliphatic rings. The highest BCUT2D eigenvalue weighted by Gasteiger charge is 2.22. The summed E-state index contributed by atoms with van der Waals surface area (Å²) in [5.74, 6) is -2.43. The topological polar surface area (TPSA) is 75.6 Å². The number of hydrogen-bond acceptors (Lipinski definition) is 3. The van der Waals surface area contributed by atoms with Gasteiger partial charge in [0.05, 0.1) is 5.02 Å². The number of carbonyl (C=O) groups is 2. The Morgan fingerprint density at radius 1 is 1.48 bits per heavy atom. The minimum absolute atomic E-state index is 0.106. The van der Waals surface area contributed by atoms with Gasteiger partial charge in [0.25, 0.3) is 0 Å². The van der Waals surface area contributed by atoms with Crippen LogP contribution in [0.15, 0.2) is 18.2 Å². The Kier molecular flexibility index (Phi) is 7.11. The van der Waals surface area contributed by atoms with Crippen molar-refractivity contribution in [2.75, 3.05) is 13.2 Å². The van der Waals surface area contributed by atoms with Crippen LogP contribution in [0, 0.1) is 5.82 Å². The highest BCUT2D eigenvalue weighted by molar-refractivity contribution is 6.30. The van der Waals surface area contributed by atoms with Crippen LogP contribution < -0.4 is 5.32 Å². The molecule has 0 bridgehead atoms. The predicted octanol–water partition coefficient (Wildman–Crippen LogP) is 2.54. The second-order valence-corrected chi connectivity index (χ2v) is 4.72. The van der Waals surface area contributed by atoms with Gasteiger partial charge in [-0.2, -0.15) is 0 Å². The van der Waals surface area contributed by atoms with Crippen molar-refractivity contribution in [3.8, 4) is 0 Å². The average molecular weight is 318 g/mol. The Bertz CT molecular complexity index is 510. The molecule has 5 nitrogen and oxygen atoms in total. The highest BCUT2D eigenvalue weighted by atomic mass is 35.5. The molecule has 1 unspecified atom stereocenters. The van der Waals surface area contributed by atoms with E-state index in [1.807, 2.05) is 6.92 Å². The van der Waals surface area contributed by atoms with Gasteiger partial charge in [0.15, 0.2) is 6.04 Å². The lowest BCUT2D eigenvalue weighted by atomic mass is 10.1. The lowest BCUT2D eigenvalue weighted by molar-refractivity contribution is -0.142. The molecule has 1 aromatic carbocycles. The van der Waals surface area contributed by atoms with Crippen molar-refractivity contribution in [3.05, 3.63) is 34.6 Å². The molecule has 1 rings (SSSR count). The monoisotopic (exact) mass is 317 g/mol. The number of carboxylic acids is 1. The second kappa shape index (κ2) is 8.59. The van der Waals surface area contributed by atoms with Crippen molar-refractivity contribution in [1.82, 2.24) is 5.32 Å². The van der Waals surface area contributed by atoms with Gasteiger partial charge in [-0.05, 0) is 31.0 Å². The molecule has 0 fully saturated rings. The number of amides is 1. The van der Waals surface area contributed by atoms with Crippen molar-refractivity contribution in [2.45, 2.75) is 25.8 Å². The summed E-state index contributed by atoms with van der Waals surface area (Å²) in [5.41, 5.74) is 0.127. The molecular formula is C14H17ClFNO4. The van der Waals surface area contributed by atoms with E-state index in [1.54, 1.807) is 0 Å². The zero-order valence-corrected chi connectivity index (χ0v) is 12.3. The SMILES string of the molecule is CCOCCCC(=O)NC(C(=O)O)c1ccc(Cl)c(F)c1. The number of nitrogens with one attached hydrogen (secondary N) is 1. The lowest BCUT2D eigenvalue weighted by Gasteiger charge is -2.15. The third kappa shape index (κ3) is 5.69. The van der Waals surface area contributed by atoms with Crippen molar-refractivity contribution in [2.24, 2.45) is 0 Å². The zero-order chi connectivity index (χ0) is 15.8. The van der Waals surface area contributed by atoms with E-state index >= 15 is 0 Å². The molecule has 0 spiro atoms. The molecule has 0 aliphatic heterocycles. The quantitative estimate of drug-likeness (QED) is 0.722. The van der Waals surface area contributed by atoms with E-state index in [2.05, 4.69) is 5.32 Å². The molecule has 0 aliphatic carbocycles. The summed E-state index contributed by atoms with van der Waals surface area (Å²) in [5, 5.41) is 11.4. The number of aliphatic carboxylic acids is 1. The summed E-state index contributed by atoms with van der Waals surface area (Å²) in [4.78, 5) is 22.9. The van der Waals surface area contributed by atoms with Gasteiger partial charge in [-0.3, -0.25) is 4.79 Å². The van der Waals surface area contributed by atoms with E-state index < -0.39 is 23.7 Å². The van der Waals surface area contributed by atoms with Crippen LogP contribution in [0.2, 0.25) is 5.02 Å². The first kappa shape index (κ1) is 17.4. The molecule has 21 heavy (non-hydrogen) atoms. The van der Waals surface area contributed by atoms with Crippen molar-refractivity contribution in [3.63, 3.8) is 0 Å². The molecule has 7 heteroatoms. The van der Waals surface area contributed by atoms with Crippen LogP contribution in [0.5, 0.6) is 0 Å². The molecule has 116 valence electrons. The molecule has 1 aromatic rings. The van der Waals surface area contributed by atoms with Gasteiger partial charge in [0.2, 0.25) is 5.91 Å². The second-order valence-electron chi connectivity index (χ2n) is 4.31. The van der Waals surface area contributed by atoms with Gasteiger partial charge >= 0.3 is 5.97 Å². The van der Waals surface area contributed by atoms with Crippen LogP contribution in [0.25, 0.3) is 0 Å². The van der Waals surface area contributed by atoms with Gasteiger partial charge in [-0.15, -0.1) is 0 Å². The Morgan fingerprint density at radius 3 is 2.76 bits per heavy atom. The largest absolute Gasteiger partial charge is 0.479 e. The molecule has 0 radical (unpaired) electrons. The molecule has 2 N–H and O–H groups in total. The highest BCUT2D eigenvalue weighted by Crippen LogP contribution is 2.20. The van der Waals surface area contributed by atoms with Crippen LogP contribution >= 0.6 is 11.6 Å². The third-order valence-corrected chi connectivity index (χ3v) is 3.03. The average Bonchev–Trinajstić information content (AvgIpc) is 2.44. The predicted molar refractivity (Wildman–Crippen MR) is 75.7 cm³/mol. The number of carboxylic acid groups (broad SMARTS) is 1. The van der Waals surface area contributed by atoms with Crippen molar-refractivity contribution in [1.29, 1.82) is 0 Å². The zero-order valence-electron chi connectivity index (χ0n) is 11.6. The van der Waals surface area contributed by atoms with Gasteiger partial charge in [-0.25, -0.2) is 9.18 Å². The first-order valence-corrected chi connectivity index (χ1v) is 6.88. The van der Waals surface area contributed by atoms with Crippen LogP contribution in [0.1, 0.15) is 31.4 Å². The van der Waals surface area contributed by atoms with E-state index in [0.717, 1.165) is 6.07 Å². The molecule has 1 atom stereocenters. The minimum Gasteiger partial charge on any atom is -0.479 e. The number of benzene rings is 1. The Labute approximate surface area is 127 Å². The summed E-state index contributed by atoms with van der Waals surface area (Å²) in [6.07, 6.45) is 0.626. The summed E-state index contributed by atoms with van der Waals surface area (Å²) < 4.78 is 18.5. The summed E-state index contributed by atoms with van der Waals surface area (Å²) in [6, 6.07) is 2.31. The Morgan fingerprint density at radius 2 is 2.19 bits per heavy atom. The Hall–Kier alpha value is -1.66. The van der Waals surface area contributed by atoms with E-state index in [-0.39, 0.29) is 17.0 Å². The number of rotatable bonds is 8. The van der Waals surface area contributed by atoms with Crippen LogP contribution in [-0.4, -0.2) is 30.2 Å². The maximum atomic E-state index is 13.4. The molecule has 0 aromatic heterocycles. The van der Waals surface area contributed by atoms with E-state index in [1.165, 1.54) is 12.1 Å². The molecule has 1 amide bonds. The van der Waals surface area contributed by atoms with E-state index in [9.17, 15) is 14.0 Å². The standard InChI is InChI=1S/C14H17ClFNO4/c1-2-21-7-3-4-12(18)17-13(14(19)20)9-5-6-10(15)11(16)8-9/h5-6,8,13H,2-4,7H2,1H3,(H,17,18)(H,19,20). The normalized spacial score (nSPS) is 12.0. The molecule has 0 saturated heterocycles. The fourth-order valence-corrected chi connectivity index (χ4v) is 1.81. The maximum Gasteiger partial charge on any atom is 0.330 e. The first-order valence-electron chi connectivity index (χ1n) is 6.50. The van der Waals surface area contributed by atoms with Gasteiger partial charge in [0.1, 0.15) is 5.82 Å². The first-order chi connectivity index (χ1) is 9.95. The lowest BCUT2D eigenvalue weighted by Crippen LogP contribution is -2.33. The summed E-state index contributed by atoms with van der Waals surface area (Å²) >= 11 is 5.55. The maximum absolute atomic E-state index is 13.4. The van der Waals surface area contributed by atoms with Crippen LogP contribution in [0.4, 0.5) is 4.39 Å². The number of ether oxygens (including phenoxy) is 1. The summed E-state index contributed by atoms with van der Waals surface area (Å²) in [6.45, 7) is 2.83. The van der Waals surface area contributed by atoms with Crippen LogP contribution in [-0.2, 0) is 14.3 Å². The minimum atomic E-state index is -1.31. The van der Waals surface area contributed by atoms with Crippen LogP contribution in [0.3, 0.4) is 0 Å². The fourth-order valence-electron chi connectivity index (χ4n) is 1.69. The van der Waals surface area contributed by atoms with Gasteiger partial charge in [-0.1, -0.05) is 17.7 Å². The summed E-state index contributed by atoms with van der Waals surface area (Å²) in [7, 11) is 0. The van der Waals surface area contributed by atoms with E-state index in [0.29, 0.717) is 19.6 Å². The smallest absolute Gasteiger partial charge is 0.330 e. The van der Waals surface area contributed by atoms with Crippen molar-refractivity contribution < 1.29 is 23.8 Å². The molecular weight excluding hydrogens is 301 g/mol. The Balaban J connectivity index is 2.67. The van der Waals surface area contributed by atoms with Gasteiger partial charge in [0, 0.05) is 19.6 Å². The van der Waals surface area contributed by atoms with E-state index in [4.69, 9.17) is 21.4 Å². The fraction of sp³-hybridized carbons (Fsp3) is 0.429.